The van der Waals surface area contributed by atoms with E-state index in [9.17, 15) is 14.4 Å². The molecule has 3 rings (SSSR count). The van der Waals surface area contributed by atoms with Crippen molar-refractivity contribution in [3.8, 4) is 0 Å². The van der Waals surface area contributed by atoms with Gasteiger partial charge in [0, 0.05) is 56.3 Å². The lowest BCUT2D eigenvalue weighted by atomic mass is 10.1. The highest BCUT2D eigenvalue weighted by Crippen LogP contribution is 2.23. The van der Waals surface area contributed by atoms with Crippen LogP contribution in [0.4, 0.5) is 5.69 Å². The summed E-state index contributed by atoms with van der Waals surface area (Å²) in [5, 5.41) is 0. The fourth-order valence-corrected chi connectivity index (χ4v) is 3.41. The second kappa shape index (κ2) is 7.25. The minimum Gasteiger partial charge on any atom is -0.339 e. The highest BCUT2D eigenvalue weighted by molar-refractivity contribution is 5.99. The van der Waals surface area contributed by atoms with Crippen molar-refractivity contribution >= 4 is 23.4 Å². The number of carbonyl (C=O) groups excluding carboxylic acids is 3. The molecule has 2 heterocycles. The average Bonchev–Trinajstić information content (AvgIpc) is 3.06. The third kappa shape index (κ3) is 3.67. The smallest absolute Gasteiger partial charge is 0.254 e. The quantitative estimate of drug-likeness (QED) is 0.840. The molecule has 0 aliphatic carbocycles. The second-order valence-corrected chi connectivity index (χ2v) is 6.97. The minimum absolute atomic E-state index is 0.0167. The van der Waals surface area contributed by atoms with Crippen LogP contribution < -0.4 is 4.90 Å². The fraction of sp³-hybridized carbons (Fsp3) is 0.526. The van der Waals surface area contributed by atoms with Crippen LogP contribution in [0.5, 0.6) is 0 Å². The summed E-state index contributed by atoms with van der Waals surface area (Å²) in [6.45, 7) is 6.75. The maximum absolute atomic E-state index is 12.8. The Morgan fingerprint density at radius 2 is 1.68 bits per heavy atom. The third-order valence-electron chi connectivity index (χ3n) is 4.85. The molecular weight excluding hydrogens is 318 g/mol. The van der Waals surface area contributed by atoms with Crippen molar-refractivity contribution in [2.75, 3.05) is 37.6 Å². The SMILES string of the molecule is CC(C)C(=O)N1CCN(C(=O)c2cccc(N3CCCC3=O)c2)CC1. The third-order valence-corrected chi connectivity index (χ3v) is 4.85. The normalized spacial score (nSPS) is 18.2. The summed E-state index contributed by atoms with van der Waals surface area (Å²) in [4.78, 5) is 42.1. The molecular formula is C19H25N3O3. The summed E-state index contributed by atoms with van der Waals surface area (Å²) in [6.07, 6.45) is 1.44. The van der Waals surface area contributed by atoms with E-state index in [1.807, 2.05) is 30.9 Å². The number of benzene rings is 1. The van der Waals surface area contributed by atoms with Crippen molar-refractivity contribution in [3.63, 3.8) is 0 Å². The molecule has 0 bridgehead atoms. The summed E-state index contributed by atoms with van der Waals surface area (Å²) in [6, 6.07) is 7.29. The number of rotatable bonds is 3. The van der Waals surface area contributed by atoms with Crippen LogP contribution in [0.15, 0.2) is 24.3 Å². The van der Waals surface area contributed by atoms with Gasteiger partial charge in [0.25, 0.3) is 5.91 Å². The van der Waals surface area contributed by atoms with Gasteiger partial charge in [-0.3, -0.25) is 14.4 Å². The van der Waals surface area contributed by atoms with Crippen molar-refractivity contribution in [1.29, 1.82) is 0 Å². The lowest BCUT2D eigenvalue weighted by Crippen LogP contribution is -2.51. The van der Waals surface area contributed by atoms with Crippen molar-refractivity contribution in [2.45, 2.75) is 26.7 Å². The number of hydrogen-bond acceptors (Lipinski definition) is 3. The van der Waals surface area contributed by atoms with Gasteiger partial charge in [-0.2, -0.15) is 0 Å². The highest BCUT2D eigenvalue weighted by Gasteiger charge is 2.27. The lowest BCUT2D eigenvalue weighted by Gasteiger charge is -2.35. The lowest BCUT2D eigenvalue weighted by molar-refractivity contribution is -0.135. The predicted octanol–water partition coefficient (Wildman–Crippen LogP) is 1.75. The van der Waals surface area contributed by atoms with Crippen LogP contribution in [0.25, 0.3) is 0 Å². The molecule has 0 radical (unpaired) electrons. The molecule has 0 N–H and O–H groups in total. The molecule has 0 saturated carbocycles. The largest absolute Gasteiger partial charge is 0.339 e. The number of amides is 3. The molecule has 6 nitrogen and oxygen atoms in total. The summed E-state index contributed by atoms with van der Waals surface area (Å²) in [5.41, 5.74) is 1.39. The van der Waals surface area contributed by atoms with Gasteiger partial charge in [-0.25, -0.2) is 0 Å². The van der Waals surface area contributed by atoms with Crippen LogP contribution >= 0.6 is 0 Å². The minimum atomic E-state index is -0.0369. The monoisotopic (exact) mass is 343 g/mol. The predicted molar refractivity (Wildman–Crippen MR) is 95.4 cm³/mol. The Morgan fingerprint density at radius 3 is 2.28 bits per heavy atom. The van der Waals surface area contributed by atoms with E-state index >= 15 is 0 Å². The zero-order chi connectivity index (χ0) is 18.0. The summed E-state index contributed by atoms with van der Waals surface area (Å²) < 4.78 is 0. The number of hydrogen-bond donors (Lipinski definition) is 0. The summed E-state index contributed by atoms with van der Waals surface area (Å²) in [5.74, 6) is 0.203. The van der Waals surface area contributed by atoms with Gasteiger partial charge in [0.05, 0.1) is 0 Å². The molecule has 2 saturated heterocycles. The molecule has 6 heteroatoms. The zero-order valence-corrected chi connectivity index (χ0v) is 14.9. The first-order valence-corrected chi connectivity index (χ1v) is 8.96. The number of piperazine rings is 1. The van der Waals surface area contributed by atoms with E-state index in [1.165, 1.54) is 0 Å². The Bertz CT molecular complexity index is 678. The summed E-state index contributed by atoms with van der Waals surface area (Å²) in [7, 11) is 0. The van der Waals surface area contributed by atoms with Crippen molar-refractivity contribution in [1.82, 2.24) is 9.80 Å². The first-order chi connectivity index (χ1) is 12.0. The van der Waals surface area contributed by atoms with Crippen molar-refractivity contribution in [3.05, 3.63) is 29.8 Å². The van der Waals surface area contributed by atoms with Crippen LogP contribution in [-0.2, 0) is 9.59 Å². The Kier molecular flexibility index (Phi) is 5.06. The van der Waals surface area contributed by atoms with Gasteiger partial charge in [-0.15, -0.1) is 0 Å². The Morgan fingerprint density at radius 1 is 1.00 bits per heavy atom. The van der Waals surface area contributed by atoms with E-state index in [2.05, 4.69) is 0 Å². The van der Waals surface area contributed by atoms with Crippen LogP contribution in [0.2, 0.25) is 0 Å². The van der Waals surface area contributed by atoms with Crippen LogP contribution in [0, 0.1) is 5.92 Å². The van der Waals surface area contributed by atoms with E-state index in [1.54, 1.807) is 21.9 Å². The number of carbonyl (C=O) groups is 3. The maximum atomic E-state index is 12.8. The molecule has 0 spiro atoms. The Labute approximate surface area is 148 Å². The molecule has 2 aliphatic heterocycles. The molecule has 134 valence electrons. The molecule has 1 aromatic carbocycles. The number of nitrogens with zero attached hydrogens (tertiary/aromatic N) is 3. The topological polar surface area (TPSA) is 60.9 Å². The van der Waals surface area contributed by atoms with Crippen LogP contribution in [-0.4, -0.2) is 60.2 Å². The van der Waals surface area contributed by atoms with Gasteiger partial charge in [-0.1, -0.05) is 19.9 Å². The molecule has 2 aliphatic rings. The second-order valence-electron chi connectivity index (χ2n) is 6.97. The first kappa shape index (κ1) is 17.5. The standard InChI is InChI=1S/C19H25N3O3/c1-14(2)18(24)20-9-11-21(12-10-20)19(25)15-5-3-6-16(13-15)22-8-4-7-17(22)23/h3,5-6,13-14H,4,7-12H2,1-2H3. The van der Waals surface area contributed by atoms with Crippen LogP contribution in [0.3, 0.4) is 0 Å². The van der Waals surface area contributed by atoms with Crippen molar-refractivity contribution < 1.29 is 14.4 Å². The molecule has 2 fully saturated rings. The molecule has 0 aromatic heterocycles. The van der Waals surface area contributed by atoms with Gasteiger partial charge >= 0.3 is 0 Å². The fourth-order valence-electron chi connectivity index (χ4n) is 3.41. The van der Waals surface area contributed by atoms with E-state index in [4.69, 9.17) is 0 Å². The Hall–Kier alpha value is -2.37. The molecule has 1 aromatic rings. The van der Waals surface area contributed by atoms with Gasteiger partial charge in [0.2, 0.25) is 11.8 Å². The Balaban J connectivity index is 1.66. The van der Waals surface area contributed by atoms with E-state index in [-0.39, 0.29) is 23.6 Å². The molecule has 0 unspecified atom stereocenters. The van der Waals surface area contributed by atoms with E-state index in [0.29, 0.717) is 44.7 Å². The van der Waals surface area contributed by atoms with Crippen molar-refractivity contribution in [2.24, 2.45) is 5.92 Å². The zero-order valence-electron chi connectivity index (χ0n) is 14.9. The van der Waals surface area contributed by atoms with Crippen LogP contribution in [0.1, 0.15) is 37.0 Å². The van der Waals surface area contributed by atoms with Gasteiger partial charge in [0.1, 0.15) is 0 Å². The van der Waals surface area contributed by atoms with E-state index < -0.39 is 0 Å². The van der Waals surface area contributed by atoms with Gasteiger partial charge in [-0.05, 0) is 24.6 Å². The number of anilines is 1. The first-order valence-electron chi connectivity index (χ1n) is 8.96. The summed E-state index contributed by atoms with van der Waals surface area (Å²) >= 11 is 0. The van der Waals surface area contributed by atoms with Gasteiger partial charge in [0.15, 0.2) is 0 Å². The maximum Gasteiger partial charge on any atom is 0.254 e. The molecule has 25 heavy (non-hydrogen) atoms. The van der Waals surface area contributed by atoms with E-state index in [0.717, 1.165) is 12.1 Å². The molecule has 3 amide bonds. The highest BCUT2D eigenvalue weighted by atomic mass is 16.2. The van der Waals surface area contributed by atoms with Gasteiger partial charge < -0.3 is 14.7 Å². The molecule has 0 atom stereocenters. The average molecular weight is 343 g/mol.